The molecule has 2 N–H and O–H groups in total. The number of morpholine rings is 1. The average molecular weight is 557 g/mol. The number of amides is 2. The molecule has 0 aliphatic carbocycles. The van der Waals surface area contributed by atoms with Gasteiger partial charge in [0.1, 0.15) is 18.2 Å². The van der Waals surface area contributed by atoms with E-state index in [1.807, 2.05) is 55.5 Å². The maximum Gasteiger partial charge on any atom is 0.324 e. The molecular weight excluding hydrogens is 516 g/mol. The molecule has 216 valence electrons. The van der Waals surface area contributed by atoms with Gasteiger partial charge in [0.25, 0.3) is 0 Å². The van der Waals surface area contributed by atoms with Gasteiger partial charge < -0.3 is 14.8 Å². The monoisotopic (exact) mass is 556 g/mol. The summed E-state index contributed by atoms with van der Waals surface area (Å²) >= 11 is 0. The van der Waals surface area contributed by atoms with E-state index in [0.717, 1.165) is 53.1 Å². The minimum Gasteiger partial charge on any atom is -0.492 e. The molecule has 2 aromatic heterocycles. The van der Waals surface area contributed by atoms with Crippen LogP contribution in [0, 0.1) is 6.92 Å². The molecule has 1 aliphatic rings. The average Bonchev–Trinajstić information content (AvgIpc) is 3.33. The van der Waals surface area contributed by atoms with Crippen molar-refractivity contribution in [2.45, 2.75) is 59.2 Å². The summed E-state index contributed by atoms with van der Waals surface area (Å²) in [4.78, 5) is 20.2. The van der Waals surface area contributed by atoms with Crippen molar-refractivity contribution in [1.82, 2.24) is 19.7 Å². The third kappa shape index (κ3) is 6.69. The number of nitrogens with one attached hydrogen (secondary N) is 2. The van der Waals surface area contributed by atoms with Gasteiger partial charge in [-0.25, -0.2) is 9.48 Å². The molecule has 9 heteroatoms. The summed E-state index contributed by atoms with van der Waals surface area (Å²) in [7, 11) is 0. The van der Waals surface area contributed by atoms with E-state index in [0.29, 0.717) is 18.1 Å². The first kappa shape index (κ1) is 28.6. The molecule has 1 saturated heterocycles. The molecule has 0 radical (unpaired) electrons. The lowest BCUT2D eigenvalue weighted by atomic mass is 9.89. The highest BCUT2D eigenvalue weighted by atomic mass is 16.5. The first-order valence-corrected chi connectivity index (χ1v) is 14.2. The van der Waals surface area contributed by atoms with Crippen molar-refractivity contribution < 1.29 is 14.3 Å². The van der Waals surface area contributed by atoms with Gasteiger partial charge in [-0.1, -0.05) is 45.0 Å². The van der Waals surface area contributed by atoms with Gasteiger partial charge in [-0.2, -0.15) is 5.10 Å². The minimum absolute atomic E-state index is 0.225. The van der Waals surface area contributed by atoms with Crippen LogP contribution in [0.5, 0.6) is 5.75 Å². The number of urea groups is 1. The van der Waals surface area contributed by atoms with Crippen molar-refractivity contribution in [1.29, 1.82) is 0 Å². The van der Waals surface area contributed by atoms with E-state index in [1.165, 1.54) is 0 Å². The number of carbonyl (C=O) groups is 1. The summed E-state index contributed by atoms with van der Waals surface area (Å²) in [5, 5.41) is 12.5. The second-order valence-electron chi connectivity index (χ2n) is 11.8. The van der Waals surface area contributed by atoms with E-state index in [1.54, 1.807) is 17.1 Å². The van der Waals surface area contributed by atoms with Crippen LogP contribution in [0.25, 0.3) is 16.5 Å². The summed E-state index contributed by atoms with van der Waals surface area (Å²) in [6, 6.07) is 15.3. The molecule has 3 heterocycles. The molecule has 2 aromatic carbocycles. The molecule has 9 nitrogen and oxygen atoms in total. The zero-order chi connectivity index (χ0) is 29.1. The largest absolute Gasteiger partial charge is 0.492 e. The normalized spacial score (nSPS) is 17.9. The molecule has 1 aliphatic heterocycles. The van der Waals surface area contributed by atoms with E-state index in [4.69, 9.17) is 9.47 Å². The fraction of sp³-hybridized carbons (Fsp3) is 0.406. The van der Waals surface area contributed by atoms with Crippen molar-refractivity contribution in [3.63, 3.8) is 0 Å². The highest BCUT2D eigenvalue weighted by Gasteiger charge is 2.25. The van der Waals surface area contributed by atoms with Gasteiger partial charge in [0.15, 0.2) is 0 Å². The van der Waals surface area contributed by atoms with E-state index in [2.05, 4.69) is 60.2 Å². The van der Waals surface area contributed by atoms with Gasteiger partial charge in [-0.05, 0) is 50.5 Å². The molecule has 0 spiro atoms. The summed E-state index contributed by atoms with van der Waals surface area (Å²) in [6.45, 7) is 15.6. The van der Waals surface area contributed by atoms with Crippen molar-refractivity contribution in [2.24, 2.45) is 0 Å². The second kappa shape index (κ2) is 11.9. The summed E-state index contributed by atoms with van der Waals surface area (Å²) in [5.74, 6) is 1.40. The van der Waals surface area contributed by atoms with E-state index >= 15 is 0 Å². The van der Waals surface area contributed by atoms with Crippen LogP contribution in [0.15, 0.2) is 60.9 Å². The van der Waals surface area contributed by atoms with Gasteiger partial charge in [-0.15, -0.1) is 0 Å². The van der Waals surface area contributed by atoms with Crippen molar-refractivity contribution in [3.8, 4) is 11.4 Å². The van der Waals surface area contributed by atoms with Crippen LogP contribution in [0.1, 0.15) is 45.9 Å². The maximum absolute atomic E-state index is 13.4. The van der Waals surface area contributed by atoms with Gasteiger partial charge >= 0.3 is 6.03 Å². The molecule has 0 unspecified atom stereocenters. The van der Waals surface area contributed by atoms with Crippen LogP contribution >= 0.6 is 0 Å². The first-order valence-electron chi connectivity index (χ1n) is 14.2. The van der Waals surface area contributed by atoms with Crippen molar-refractivity contribution >= 4 is 28.3 Å². The number of hydrogen-bond acceptors (Lipinski definition) is 6. The molecule has 41 heavy (non-hydrogen) atoms. The highest BCUT2D eigenvalue weighted by Crippen LogP contribution is 2.33. The summed E-state index contributed by atoms with van der Waals surface area (Å²) < 4.78 is 13.8. The van der Waals surface area contributed by atoms with Crippen LogP contribution in [-0.2, 0) is 10.2 Å². The lowest BCUT2D eigenvalue weighted by Crippen LogP contribution is -2.46. The Labute approximate surface area is 241 Å². The zero-order valence-electron chi connectivity index (χ0n) is 24.8. The Hall–Kier alpha value is -3.95. The topological polar surface area (TPSA) is 93.5 Å². The number of aromatic nitrogens is 3. The third-order valence-corrected chi connectivity index (χ3v) is 7.24. The Morgan fingerprint density at radius 2 is 1.73 bits per heavy atom. The Bertz CT molecular complexity index is 1500. The second-order valence-corrected chi connectivity index (χ2v) is 11.8. The summed E-state index contributed by atoms with van der Waals surface area (Å²) in [5.41, 5.74) is 3.07. The predicted molar refractivity (Wildman–Crippen MR) is 163 cm³/mol. The lowest BCUT2D eigenvalue weighted by Gasteiger charge is -2.35. The third-order valence-electron chi connectivity index (χ3n) is 7.24. The standard InChI is InChI=1S/C32H40N6O3/c1-21-11-12-24(17-33-21)38-30(27(18-34-38)32(4,5)6)36-31(39)35-28-13-14-29(26-10-8-7-9-25(26)28)40-16-15-37-19-22(2)41-23(3)20-37/h7-14,17-18,22-23H,15-16,19-20H2,1-6H3,(H2,35,36,39)/t22-,23-/m0/s1. The van der Waals surface area contributed by atoms with Crippen molar-refractivity contribution in [3.05, 3.63) is 72.2 Å². The molecule has 5 rings (SSSR count). The summed E-state index contributed by atoms with van der Waals surface area (Å²) in [6.07, 6.45) is 4.00. The minimum atomic E-state index is -0.355. The van der Waals surface area contributed by atoms with Crippen LogP contribution < -0.4 is 15.4 Å². The van der Waals surface area contributed by atoms with Crippen LogP contribution in [-0.4, -0.2) is 64.1 Å². The number of hydrogen-bond donors (Lipinski definition) is 2. The molecule has 4 aromatic rings. The van der Waals surface area contributed by atoms with Gasteiger partial charge in [-0.3, -0.25) is 15.2 Å². The van der Waals surface area contributed by atoms with E-state index < -0.39 is 0 Å². The SMILES string of the molecule is Cc1ccc(-n2ncc(C(C)(C)C)c2NC(=O)Nc2ccc(OCCN3C[C@H](C)O[C@@H](C)C3)c3ccccc23)cn1. The van der Waals surface area contributed by atoms with E-state index in [9.17, 15) is 4.79 Å². The van der Waals surface area contributed by atoms with Crippen LogP contribution in [0.4, 0.5) is 16.3 Å². The quantitative estimate of drug-likeness (QED) is 0.283. The van der Waals surface area contributed by atoms with Crippen LogP contribution in [0.3, 0.4) is 0 Å². The maximum atomic E-state index is 13.4. The number of nitrogens with zero attached hydrogens (tertiary/aromatic N) is 4. The number of ether oxygens (including phenoxy) is 2. The predicted octanol–water partition coefficient (Wildman–Crippen LogP) is 6.16. The lowest BCUT2D eigenvalue weighted by molar-refractivity contribution is -0.0699. The van der Waals surface area contributed by atoms with Gasteiger partial charge in [0.05, 0.1) is 36.0 Å². The van der Waals surface area contributed by atoms with E-state index in [-0.39, 0.29) is 23.7 Å². The number of pyridine rings is 1. The van der Waals surface area contributed by atoms with Crippen molar-refractivity contribution in [2.75, 3.05) is 36.9 Å². The Balaban J connectivity index is 1.33. The molecule has 1 fully saturated rings. The zero-order valence-corrected chi connectivity index (χ0v) is 24.8. The highest BCUT2D eigenvalue weighted by molar-refractivity contribution is 6.07. The molecule has 2 amide bonds. The Morgan fingerprint density at radius 1 is 1.00 bits per heavy atom. The van der Waals surface area contributed by atoms with Gasteiger partial charge in [0.2, 0.25) is 0 Å². The van der Waals surface area contributed by atoms with Gasteiger partial charge in [0, 0.05) is 41.7 Å². The smallest absolute Gasteiger partial charge is 0.324 e. The van der Waals surface area contributed by atoms with Crippen LogP contribution in [0.2, 0.25) is 0 Å². The Morgan fingerprint density at radius 3 is 2.41 bits per heavy atom. The fourth-order valence-electron chi connectivity index (χ4n) is 5.32. The number of aryl methyl sites for hydroxylation is 1. The first-order chi connectivity index (χ1) is 19.6. The molecule has 2 atom stereocenters. The fourth-order valence-corrected chi connectivity index (χ4v) is 5.32. The molecule has 0 saturated carbocycles. The number of fused-ring (bicyclic) bond motifs is 1. The number of carbonyl (C=O) groups excluding carboxylic acids is 1. The molecule has 0 bridgehead atoms. The number of anilines is 2. The number of benzene rings is 2. The number of rotatable bonds is 7. The Kier molecular flexibility index (Phi) is 8.28. The molecular formula is C32H40N6O3.